The first kappa shape index (κ1) is 30.3. The van der Waals surface area contributed by atoms with Crippen LogP contribution in [0, 0.1) is 13.8 Å². The van der Waals surface area contributed by atoms with Gasteiger partial charge in [-0.3, -0.25) is 9.05 Å². The van der Waals surface area contributed by atoms with Crippen molar-refractivity contribution in [1.82, 2.24) is 0 Å². The molecule has 42 heavy (non-hydrogen) atoms. The maximum absolute atomic E-state index is 11.4. The quantitative estimate of drug-likeness (QED) is 0.230. The van der Waals surface area contributed by atoms with Crippen LogP contribution in [0.2, 0.25) is 0 Å². The molecular formula is C37H43O4P. The summed E-state index contributed by atoms with van der Waals surface area (Å²) in [6, 6.07) is 29.0. The van der Waals surface area contributed by atoms with E-state index in [1.807, 2.05) is 36.4 Å². The highest BCUT2D eigenvalue weighted by Crippen LogP contribution is 2.61. The van der Waals surface area contributed by atoms with E-state index in [1.165, 1.54) is 0 Å². The minimum Gasteiger partial charge on any atom is -0.507 e. The molecule has 2 unspecified atom stereocenters. The van der Waals surface area contributed by atoms with Gasteiger partial charge in [-0.05, 0) is 52.5 Å². The molecule has 0 amide bonds. The molecule has 4 aromatic carbocycles. The van der Waals surface area contributed by atoms with Crippen LogP contribution in [0.15, 0.2) is 84.9 Å². The van der Waals surface area contributed by atoms with E-state index < -0.39 is 8.60 Å². The Balaban J connectivity index is 1.56. The zero-order valence-corrected chi connectivity index (χ0v) is 27.0. The lowest BCUT2D eigenvalue weighted by molar-refractivity contribution is 0.159. The van der Waals surface area contributed by atoms with E-state index >= 15 is 0 Å². The van der Waals surface area contributed by atoms with Gasteiger partial charge in [0.1, 0.15) is 23.7 Å². The van der Waals surface area contributed by atoms with Gasteiger partial charge in [0.15, 0.2) is 0 Å². The summed E-state index contributed by atoms with van der Waals surface area (Å²) in [6.45, 7) is 17.2. The summed E-state index contributed by atoms with van der Waals surface area (Å²) in [5.41, 5.74) is 7.96. The van der Waals surface area contributed by atoms with Gasteiger partial charge < -0.3 is 9.63 Å². The van der Waals surface area contributed by atoms with Gasteiger partial charge in [0, 0.05) is 12.0 Å². The highest BCUT2D eigenvalue weighted by Gasteiger charge is 2.42. The van der Waals surface area contributed by atoms with Gasteiger partial charge in [-0.2, -0.15) is 0 Å². The molecule has 0 aliphatic carbocycles. The Morgan fingerprint density at radius 2 is 1.12 bits per heavy atom. The van der Waals surface area contributed by atoms with Gasteiger partial charge in [0.2, 0.25) is 0 Å². The summed E-state index contributed by atoms with van der Waals surface area (Å²) < 4.78 is 20.0. The predicted octanol–water partition coefficient (Wildman–Crippen LogP) is 10.3. The van der Waals surface area contributed by atoms with E-state index in [1.54, 1.807) is 0 Å². The SMILES string of the molecule is Cc1cc(Cc2cc(C)cc(C(C)(C)C)c2OP2OC(c3ccccc3)C(c3ccccc3)O2)c(O)c(C(C)(C)C)c1. The number of aromatic hydroxyl groups is 1. The van der Waals surface area contributed by atoms with Crippen molar-refractivity contribution in [3.05, 3.63) is 129 Å². The second-order valence-corrected chi connectivity index (χ2v) is 14.5. The van der Waals surface area contributed by atoms with E-state index in [9.17, 15) is 5.11 Å². The summed E-state index contributed by atoms with van der Waals surface area (Å²) in [5, 5.41) is 11.4. The first-order chi connectivity index (χ1) is 19.8. The summed E-state index contributed by atoms with van der Waals surface area (Å²) in [6.07, 6.45) is -0.0481. The van der Waals surface area contributed by atoms with Crippen LogP contribution in [0.5, 0.6) is 11.5 Å². The average molecular weight is 583 g/mol. The van der Waals surface area contributed by atoms with Crippen molar-refractivity contribution in [3.63, 3.8) is 0 Å². The second-order valence-electron chi connectivity index (χ2n) is 13.5. The van der Waals surface area contributed by atoms with Crippen LogP contribution in [0.3, 0.4) is 0 Å². The molecule has 1 fully saturated rings. The fourth-order valence-corrected chi connectivity index (χ4v) is 6.94. The van der Waals surface area contributed by atoms with Crippen molar-refractivity contribution in [2.24, 2.45) is 0 Å². The molecule has 4 nitrogen and oxygen atoms in total. The van der Waals surface area contributed by atoms with E-state index in [0.717, 1.165) is 50.3 Å². The molecule has 1 aliphatic heterocycles. The van der Waals surface area contributed by atoms with Crippen molar-refractivity contribution in [1.29, 1.82) is 0 Å². The first-order valence-corrected chi connectivity index (χ1v) is 15.8. The Kier molecular flexibility index (Phi) is 8.54. The van der Waals surface area contributed by atoms with E-state index in [-0.39, 0.29) is 23.0 Å². The molecule has 1 aliphatic rings. The summed E-state index contributed by atoms with van der Waals surface area (Å²) in [5.74, 6) is 1.13. The fraction of sp³-hybridized carbons (Fsp3) is 0.351. The fourth-order valence-electron chi connectivity index (χ4n) is 5.61. The van der Waals surface area contributed by atoms with Crippen molar-refractivity contribution >= 4 is 8.60 Å². The average Bonchev–Trinajstić information content (AvgIpc) is 3.35. The Morgan fingerprint density at radius 1 is 0.667 bits per heavy atom. The largest absolute Gasteiger partial charge is 0.507 e. The van der Waals surface area contributed by atoms with Crippen LogP contribution in [0.25, 0.3) is 0 Å². The molecule has 0 aromatic heterocycles. The Morgan fingerprint density at radius 3 is 1.60 bits per heavy atom. The monoisotopic (exact) mass is 582 g/mol. The van der Waals surface area contributed by atoms with E-state index in [4.69, 9.17) is 13.6 Å². The van der Waals surface area contributed by atoms with Crippen molar-refractivity contribution in [2.75, 3.05) is 0 Å². The van der Waals surface area contributed by atoms with Gasteiger partial charge in [0.25, 0.3) is 0 Å². The minimum atomic E-state index is -1.71. The molecule has 1 saturated heterocycles. The predicted molar refractivity (Wildman–Crippen MR) is 172 cm³/mol. The third-order valence-electron chi connectivity index (χ3n) is 7.74. The number of phenolic OH excluding ortho intramolecular Hbond substituents is 1. The molecule has 0 saturated carbocycles. The lowest BCUT2D eigenvalue weighted by Gasteiger charge is -2.27. The first-order valence-electron chi connectivity index (χ1n) is 14.7. The molecule has 0 bridgehead atoms. The summed E-state index contributed by atoms with van der Waals surface area (Å²) in [7, 11) is -1.71. The molecule has 0 spiro atoms. The van der Waals surface area contributed by atoms with Crippen LogP contribution in [0.4, 0.5) is 0 Å². The number of aryl methyl sites for hydroxylation is 2. The summed E-state index contributed by atoms with van der Waals surface area (Å²) in [4.78, 5) is 0. The molecular weight excluding hydrogens is 539 g/mol. The third-order valence-corrected chi connectivity index (χ3v) is 8.87. The number of hydrogen-bond acceptors (Lipinski definition) is 4. The number of rotatable bonds is 6. The van der Waals surface area contributed by atoms with Crippen molar-refractivity contribution in [3.8, 4) is 11.5 Å². The van der Waals surface area contributed by atoms with Crippen LogP contribution >= 0.6 is 8.60 Å². The number of phenols is 1. The zero-order chi connectivity index (χ0) is 30.2. The summed E-state index contributed by atoms with van der Waals surface area (Å²) >= 11 is 0. The lowest BCUT2D eigenvalue weighted by atomic mass is 9.81. The van der Waals surface area contributed by atoms with E-state index in [0.29, 0.717) is 12.2 Å². The Bertz CT molecular complexity index is 1490. The smallest absolute Gasteiger partial charge is 0.398 e. The normalized spacial score (nSPS) is 19.2. The van der Waals surface area contributed by atoms with Crippen LogP contribution < -0.4 is 4.52 Å². The van der Waals surface area contributed by atoms with Crippen molar-refractivity contribution in [2.45, 2.75) is 84.8 Å². The second kappa shape index (κ2) is 11.8. The molecule has 220 valence electrons. The molecule has 5 rings (SSSR count). The van der Waals surface area contributed by atoms with Crippen LogP contribution in [-0.2, 0) is 26.3 Å². The molecule has 2 atom stereocenters. The molecule has 1 heterocycles. The maximum atomic E-state index is 11.4. The number of hydrogen-bond donors (Lipinski definition) is 1. The van der Waals surface area contributed by atoms with Gasteiger partial charge in [-0.25, -0.2) is 0 Å². The lowest BCUT2D eigenvalue weighted by Crippen LogP contribution is -2.15. The Hall–Kier alpha value is -3.17. The minimum absolute atomic E-state index is 0.180. The number of benzene rings is 4. The standard InChI is InChI=1S/C37H43O4P/c1-24-19-28(32(38)30(21-24)36(3,4)5)23-29-20-25(2)22-31(37(6,7)8)33(29)39-42-40-34(26-15-11-9-12-16-26)35(41-42)27-17-13-10-14-18-27/h9-22,34-35,38H,23H2,1-8H3. The van der Waals surface area contributed by atoms with Gasteiger partial charge in [0.05, 0.1) is 0 Å². The van der Waals surface area contributed by atoms with Crippen LogP contribution in [0.1, 0.15) is 98.3 Å². The van der Waals surface area contributed by atoms with Crippen LogP contribution in [-0.4, -0.2) is 5.11 Å². The van der Waals surface area contributed by atoms with E-state index in [2.05, 4.69) is 104 Å². The topological polar surface area (TPSA) is 47.9 Å². The van der Waals surface area contributed by atoms with Crippen molar-refractivity contribution < 1.29 is 18.7 Å². The molecule has 0 radical (unpaired) electrons. The van der Waals surface area contributed by atoms with Gasteiger partial charge in [-0.1, -0.05) is 138 Å². The Labute approximate surface area is 252 Å². The molecule has 5 heteroatoms. The third kappa shape index (κ3) is 6.57. The van der Waals surface area contributed by atoms with Gasteiger partial charge in [-0.15, -0.1) is 0 Å². The van der Waals surface area contributed by atoms with Gasteiger partial charge >= 0.3 is 8.60 Å². The maximum Gasteiger partial charge on any atom is 0.398 e. The zero-order valence-electron chi connectivity index (χ0n) is 26.1. The highest BCUT2D eigenvalue weighted by atomic mass is 31.2. The molecule has 4 aromatic rings. The molecule has 1 N–H and O–H groups in total. The highest BCUT2D eigenvalue weighted by molar-refractivity contribution is 7.42.